The predicted molar refractivity (Wildman–Crippen MR) is 92.1 cm³/mol. The van der Waals surface area contributed by atoms with Gasteiger partial charge in [0.25, 0.3) is 5.91 Å². The van der Waals surface area contributed by atoms with Crippen molar-refractivity contribution in [1.29, 1.82) is 5.41 Å². The van der Waals surface area contributed by atoms with Crippen LogP contribution in [0.4, 0.5) is 0 Å². The van der Waals surface area contributed by atoms with Crippen LogP contribution in [0.2, 0.25) is 0 Å². The number of ether oxygens (including phenoxy) is 1. The Balaban J connectivity index is 2.14. The van der Waals surface area contributed by atoms with Crippen molar-refractivity contribution in [2.45, 2.75) is 25.5 Å². The molecule has 9 nitrogen and oxygen atoms in total. The molecule has 1 aliphatic rings. The van der Waals surface area contributed by atoms with E-state index in [2.05, 4.69) is 15.3 Å². The summed E-state index contributed by atoms with van der Waals surface area (Å²) in [7, 11) is 0. The van der Waals surface area contributed by atoms with Crippen LogP contribution in [0.1, 0.15) is 30.8 Å². The molecule has 1 aromatic heterocycles. The Labute approximate surface area is 147 Å². The molecule has 0 fully saturated rings. The van der Waals surface area contributed by atoms with Crippen LogP contribution in [0, 0.1) is 5.41 Å². The molecule has 0 bridgehead atoms. The molecule has 1 atom stereocenters. The fourth-order valence-corrected chi connectivity index (χ4v) is 2.73. The summed E-state index contributed by atoms with van der Waals surface area (Å²) in [6.45, 7) is 3.74. The van der Waals surface area contributed by atoms with E-state index < -0.39 is 34.6 Å². The van der Waals surface area contributed by atoms with Crippen LogP contribution >= 0.6 is 11.8 Å². The summed E-state index contributed by atoms with van der Waals surface area (Å²) >= 11 is 0.984. The first-order valence-corrected chi connectivity index (χ1v) is 8.33. The summed E-state index contributed by atoms with van der Waals surface area (Å²) in [5, 5.41) is 9.77. The average Bonchev–Trinajstić information content (AvgIpc) is 3.10. The molecule has 25 heavy (non-hydrogen) atoms. The Kier molecular flexibility index (Phi) is 6.23. The van der Waals surface area contributed by atoms with Gasteiger partial charge in [0, 0.05) is 0 Å². The largest absolute Gasteiger partial charge is 0.465 e. The Hall–Kier alpha value is -2.75. The normalized spacial score (nSPS) is 17.0. The molecule has 1 aliphatic heterocycles. The second-order valence-corrected chi connectivity index (χ2v) is 5.92. The van der Waals surface area contributed by atoms with Gasteiger partial charge in [0.05, 0.1) is 12.9 Å². The zero-order valence-corrected chi connectivity index (χ0v) is 14.4. The van der Waals surface area contributed by atoms with E-state index in [1.54, 1.807) is 13.8 Å². The third kappa shape index (κ3) is 4.63. The second kappa shape index (κ2) is 8.38. The first kappa shape index (κ1) is 18.6. The lowest BCUT2D eigenvalue weighted by molar-refractivity contribution is -0.142. The molecule has 2 amide bonds. The quantitative estimate of drug-likeness (QED) is 0.758. The van der Waals surface area contributed by atoms with E-state index >= 15 is 0 Å². The van der Waals surface area contributed by atoms with E-state index in [-0.39, 0.29) is 17.5 Å². The lowest BCUT2D eigenvalue weighted by Crippen LogP contribution is -2.44. The maximum absolute atomic E-state index is 12.1. The number of hydrogen-bond acceptors (Lipinski definition) is 7. The van der Waals surface area contributed by atoms with E-state index in [9.17, 15) is 14.4 Å². The van der Waals surface area contributed by atoms with Crippen molar-refractivity contribution in [2.24, 2.45) is 9.98 Å². The average molecular weight is 364 g/mol. The molecule has 0 saturated carbocycles. The first-order chi connectivity index (χ1) is 12.0. The summed E-state index contributed by atoms with van der Waals surface area (Å²) in [6.07, 6.45) is 1.76. The molecule has 0 saturated heterocycles. The Morgan fingerprint density at radius 3 is 2.80 bits per heavy atom. The van der Waals surface area contributed by atoms with Gasteiger partial charge in [-0.25, -0.2) is 4.99 Å². The molecule has 10 heteroatoms. The molecule has 2 rings (SSSR count). The Morgan fingerprint density at radius 1 is 1.48 bits per heavy atom. The van der Waals surface area contributed by atoms with Gasteiger partial charge >= 0.3 is 11.9 Å². The molecule has 132 valence electrons. The Morgan fingerprint density at radius 2 is 2.24 bits per heavy atom. The van der Waals surface area contributed by atoms with Crippen LogP contribution < -0.4 is 5.32 Å². The second-order valence-electron chi connectivity index (χ2n) is 4.73. The molecule has 0 spiro atoms. The highest BCUT2D eigenvalue weighted by Crippen LogP contribution is 2.19. The Bertz CT molecular complexity index is 754. The third-order valence-corrected chi connectivity index (χ3v) is 4.22. The van der Waals surface area contributed by atoms with Crippen molar-refractivity contribution in [3.8, 4) is 0 Å². The van der Waals surface area contributed by atoms with E-state index in [1.165, 1.54) is 18.4 Å². The van der Waals surface area contributed by atoms with Crippen LogP contribution in [0.25, 0.3) is 0 Å². The number of rotatable bonds is 5. The number of carbonyl (C=O) groups is 3. The fraction of sp³-hybridized carbons (Fsp3) is 0.333. The van der Waals surface area contributed by atoms with E-state index in [0.717, 1.165) is 11.8 Å². The molecule has 0 aromatic carbocycles. The number of carbonyl (C=O) groups excluding carboxylic acids is 3. The van der Waals surface area contributed by atoms with Gasteiger partial charge in [-0.05, 0) is 25.5 Å². The van der Waals surface area contributed by atoms with E-state index in [1.807, 2.05) is 0 Å². The van der Waals surface area contributed by atoms with Crippen LogP contribution in [0.5, 0.6) is 0 Å². The van der Waals surface area contributed by atoms with Gasteiger partial charge < -0.3 is 9.15 Å². The number of esters is 1. The highest BCUT2D eigenvalue weighted by molar-refractivity contribution is 8.15. The molecule has 2 heterocycles. The molecular formula is C15H16N4O5S. The minimum absolute atomic E-state index is 0.0504. The number of amidine groups is 2. The molecule has 1 unspecified atom stereocenters. The highest BCUT2D eigenvalue weighted by atomic mass is 32.2. The van der Waals surface area contributed by atoms with Gasteiger partial charge in [0.1, 0.15) is 5.25 Å². The smallest absolute Gasteiger partial charge is 0.319 e. The lowest BCUT2D eigenvalue weighted by atomic mass is 10.3. The molecule has 2 N–H and O–H groups in total. The first-order valence-electron chi connectivity index (χ1n) is 7.45. The lowest BCUT2D eigenvalue weighted by Gasteiger charge is -2.18. The van der Waals surface area contributed by atoms with E-state index in [0.29, 0.717) is 6.42 Å². The number of nitrogens with zero attached hydrogens (tertiary/aromatic N) is 2. The van der Waals surface area contributed by atoms with Crippen molar-refractivity contribution < 1.29 is 23.5 Å². The maximum Gasteiger partial charge on any atom is 0.319 e. The summed E-state index contributed by atoms with van der Waals surface area (Å²) in [6, 6.07) is 2.90. The summed E-state index contributed by atoms with van der Waals surface area (Å²) in [4.78, 5) is 43.2. The summed E-state index contributed by atoms with van der Waals surface area (Å²) in [5.74, 6) is -2.48. The number of aliphatic imine (C=N–C) groups is 2. The predicted octanol–water partition coefficient (Wildman–Crippen LogP) is 1.40. The summed E-state index contributed by atoms with van der Waals surface area (Å²) < 4.78 is 9.84. The van der Waals surface area contributed by atoms with Crippen molar-refractivity contribution in [2.75, 3.05) is 6.61 Å². The monoisotopic (exact) mass is 364 g/mol. The third-order valence-electron chi connectivity index (χ3n) is 2.99. The van der Waals surface area contributed by atoms with E-state index in [4.69, 9.17) is 14.6 Å². The molecule has 0 radical (unpaired) electrons. The fourth-order valence-electron chi connectivity index (χ4n) is 1.83. The minimum atomic E-state index is -0.788. The number of amides is 2. The molecule has 1 aromatic rings. The maximum atomic E-state index is 12.1. The molecular weight excluding hydrogens is 348 g/mol. The van der Waals surface area contributed by atoms with Crippen molar-refractivity contribution in [1.82, 2.24) is 5.32 Å². The van der Waals surface area contributed by atoms with Crippen LogP contribution in [-0.2, 0) is 14.3 Å². The van der Waals surface area contributed by atoms with Crippen molar-refractivity contribution >= 4 is 46.3 Å². The van der Waals surface area contributed by atoms with Crippen LogP contribution in [0.15, 0.2) is 32.8 Å². The zero-order valence-electron chi connectivity index (χ0n) is 13.6. The number of hydrogen-bond donors (Lipinski definition) is 2. The molecule has 0 aliphatic carbocycles. The van der Waals surface area contributed by atoms with Gasteiger partial charge in [0.2, 0.25) is 0 Å². The summed E-state index contributed by atoms with van der Waals surface area (Å²) in [5.41, 5.74) is -0.421. The van der Waals surface area contributed by atoms with Crippen molar-refractivity contribution in [3.05, 3.63) is 24.2 Å². The number of nitrogens with one attached hydrogen (secondary N) is 2. The SMILES string of the molecule is CCOC(=O)C(CC)SC1=NC(=N)C(=NC(=O)c2ccco2)C(=O)N1. The number of thioether (sulfide) groups is 1. The van der Waals surface area contributed by atoms with Crippen molar-refractivity contribution in [3.63, 3.8) is 0 Å². The van der Waals surface area contributed by atoms with Gasteiger partial charge in [-0.15, -0.1) is 0 Å². The topological polar surface area (TPSA) is 134 Å². The van der Waals surface area contributed by atoms with Gasteiger partial charge in [0.15, 0.2) is 22.5 Å². The van der Waals surface area contributed by atoms with Gasteiger partial charge in [-0.3, -0.25) is 25.1 Å². The van der Waals surface area contributed by atoms with Crippen LogP contribution in [0.3, 0.4) is 0 Å². The highest BCUT2D eigenvalue weighted by Gasteiger charge is 2.29. The van der Waals surface area contributed by atoms with Gasteiger partial charge in [-0.1, -0.05) is 18.7 Å². The van der Waals surface area contributed by atoms with Gasteiger partial charge in [-0.2, -0.15) is 4.99 Å². The standard InChI is InChI=1S/C15H16N4O5S/c1-3-9(14(22)23-4-2)25-15-18-11(16)10(13(21)19-15)17-12(20)8-6-5-7-24-8/h5-7,9H,3-4H2,1-2H3,(H2,16,18,19,21). The minimum Gasteiger partial charge on any atom is -0.465 e. The zero-order chi connectivity index (χ0) is 18.4. The van der Waals surface area contributed by atoms with Crippen LogP contribution in [-0.4, -0.2) is 46.4 Å². The number of furan rings is 1.